The maximum atomic E-state index is 5.89. The van der Waals surface area contributed by atoms with Crippen LogP contribution in [0.15, 0.2) is 6.33 Å². The Kier molecular flexibility index (Phi) is 3.59. The van der Waals surface area contributed by atoms with Crippen molar-refractivity contribution in [1.82, 2.24) is 25.3 Å². The SMILES string of the molecule is Nc1nc(CCCC2CCNCC2)nc2nc[nH]c12. The predicted molar refractivity (Wildman–Crippen MR) is 74.6 cm³/mol. The van der Waals surface area contributed by atoms with Crippen molar-refractivity contribution in [3.8, 4) is 0 Å². The molecule has 0 aliphatic carbocycles. The van der Waals surface area contributed by atoms with Gasteiger partial charge >= 0.3 is 0 Å². The largest absolute Gasteiger partial charge is 0.382 e. The summed E-state index contributed by atoms with van der Waals surface area (Å²) < 4.78 is 0. The Hall–Kier alpha value is -1.69. The lowest BCUT2D eigenvalue weighted by atomic mass is 9.92. The highest BCUT2D eigenvalue weighted by molar-refractivity contribution is 5.80. The fraction of sp³-hybridized carbons (Fsp3) is 0.615. The summed E-state index contributed by atoms with van der Waals surface area (Å²) in [4.78, 5) is 15.9. The van der Waals surface area contributed by atoms with Crippen LogP contribution in [-0.2, 0) is 6.42 Å². The molecule has 0 spiro atoms. The third-order valence-electron chi connectivity index (χ3n) is 3.83. The molecule has 19 heavy (non-hydrogen) atoms. The first-order valence-electron chi connectivity index (χ1n) is 6.99. The summed E-state index contributed by atoms with van der Waals surface area (Å²) in [6.07, 6.45) is 7.46. The lowest BCUT2D eigenvalue weighted by Gasteiger charge is -2.22. The van der Waals surface area contributed by atoms with Crippen LogP contribution in [0.1, 0.15) is 31.5 Å². The van der Waals surface area contributed by atoms with Crippen molar-refractivity contribution in [3.63, 3.8) is 0 Å². The number of nitrogen functional groups attached to an aromatic ring is 1. The standard InChI is InChI=1S/C13H20N6/c14-12-11-13(17-8-16-11)19-10(18-12)3-1-2-9-4-6-15-7-5-9/h8-9,15H,1-7H2,(H3,14,16,17,18,19). The molecule has 0 saturated carbocycles. The topological polar surface area (TPSA) is 92.5 Å². The molecule has 102 valence electrons. The number of imidazole rings is 1. The van der Waals surface area contributed by atoms with E-state index in [0.29, 0.717) is 11.5 Å². The van der Waals surface area contributed by atoms with E-state index in [4.69, 9.17) is 5.73 Å². The van der Waals surface area contributed by atoms with Gasteiger partial charge in [-0.2, -0.15) is 0 Å². The smallest absolute Gasteiger partial charge is 0.183 e. The van der Waals surface area contributed by atoms with Gasteiger partial charge in [0.1, 0.15) is 11.3 Å². The van der Waals surface area contributed by atoms with Crippen LogP contribution in [0.3, 0.4) is 0 Å². The van der Waals surface area contributed by atoms with Crippen molar-refractivity contribution in [2.24, 2.45) is 5.92 Å². The monoisotopic (exact) mass is 260 g/mol. The minimum Gasteiger partial charge on any atom is -0.382 e. The van der Waals surface area contributed by atoms with Crippen LogP contribution in [0, 0.1) is 5.92 Å². The Labute approximate surface area is 112 Å². The van der Waals surface area contributed by atoms with Crippen molar-refractivity contribution in [2.45, 2.75) is 32.1 Å². The van der Waals surface area contributed by atoms with E-state index in [-0.39, 0.29) is 0 Å². The highest BCUT2D eigenvalue weighted by Crippen LogP contribution is 2.19. The first-order chi connectivity index (χ1) is 9.33. The van der Waals surface area contributed by atoms with Gasteiger partial charge in [0.25, 0.3) is 0 Å². The van der Waals surface area contributed by atoms with Gasteiger partial charge in [-0.15, -0.1) is 0 Å². The molecular formula is C13H20N6. The number of hydrogen-bond donors (Lipinski definition) is 3. The lowest BCUT2D eigenvalue weighted by Crippen LogP contribution is -2.27. The first kappa shape index (κ1) is 12.3. The number of anilines is 1. The van der Waals surface area contributed by atoms with E-state index < -0.39 is 0 Å². The summed E-state index contributed by atoms with van der Waals surface area (Å²) in [7, 11) is 0. The molecule has 1 aliphatic rings. The van der Waals surface area contributed by atoms with Crippen LogP contribution in [0.4, 0.5) is 5.82 Å². The van der Waals surface area contributed by atoms with Crippen LogP contribution < -0.4 is 11.1 Å². The molecule has 1 saturated heterocycles. The number of aromatic amines is 1. The van der Waals surface area contributed by atoms with E-state index >= 15 is 0 Å². The van der Waals surface area contributed by atoms with E-state index in [2.05, 4.69) is 25.3 Å². The van der Waals surface area contributed by atoms with E-state index in [1.807, 2.05) is 0 Å². The molecule has 0 atom stereocenters. The molecule has 2 aromatic rings. The van der Waals surface area contributed by atoms with Crippen molar-refractivity contribution < 1.29 is 0 Å². The summed E-state index contributed by atoms with van der Waals surface area (Å²) in [6, 6.07) is 0. The van der Waals surface area contributed by atoms with Crippen LogP contribution in [0.25, 0.3) is 11.2 Å². The molecule has 3 rings (SSSR count). The first-order valence-corrected chi connectivity index (χ1v) is 6.99. The fourth-order valence-corrected chi connectivity index (χ4v) is 2.73. The zero-order chi connectivity index (χ0) is 13.1. The molecule has 2 aromatic heterocycles. The number of aromatic nitrogens is 4. The molecule has 1 aliphatic heterocycles. The fourth-order valence-electron chi connectivity index (χ4n) is 2.73. The molecule has 1 fully saturated rings. The summed E-state index contributed by atoms with van der Waals surface area (Å²) in [5.74, 6) is 2.16. The normalized spacial score (nSPS) is 17.1. The number of hydrogen-bond acceptors (Lipinski definition) is 5. The second-order valence-electron chi connectivity index (χ2n) is 5.21. The third-order valence-corrected chi connectivity index (χ3v) is 3.83. The van der Waals surface area contributed by atoms with Gasteiger partial charge in [-0.3, -0.25) is 0 Å². The number of piperidine rings is 1. The number of nitrogens with two attached hydrogens (primary N) is 1. The van der Waals surface area contributed by atoms with Crippen molar-refractivity contribution in [2.75, 3.05) is 18.8 Å². The Morgan fingerprint density at radius 3 is 2.95 bits per heavy atom. The molecule has 3 heterocycles. The Balaban J connectivity index is 1.58. The zero-order valence-electron chi connectivity index (χ0n) is 11.0. The number of nitrogens with one attached hydrogen (secondary N) is 2. The number of H-pyrrole nitrogens is 1. The zero-order valence-corrected chi connectivity index (χ0v) is 11.0. The molecule has 0 aromatic carbocycles. The van der Waals surface area contributed by atoms with Crippen molar-refractivity contribution in [3.05, 3.63) is 12.2 Å². The van der Waals surface area contributed by atoms with Gasteiger partial charge in [0.05, 0.1) is 6.33 Å². The number of aryl methyl sites for hydroxylation is 1. The quantitative estimate of drug-likeness (QED) is 0.769. The molecule has 6 nitrogen and oxygen atoms in total. The second-order valence-corrected chi connectivity index (χ2v) is 5.21. The lowest BCUT2D eigenvalue weighted by molar-refractivity contribution is 0.346. The van der Waals surface area contributed by atoms with Gasteiger partial charge in [-0.25, -0.2) is 15.0 Å². The number of fused-ring (bicyclic) bond motifs is 1. The van der Waals surface area contributed by atoms with Gasteiger partial charge in [-0.05, 0) is 44.7 Å². The molecule has 0 bridgehead atoms. The Morgan fingerprint density at radius 1 is 1.26 bits per heavy atom. The second kappa shape index (κ2) is 5.52. The van der Waals surface area contributed by atoms with E-state index in [9.17, 15) is 0 Å². The van der Waals surface area contributed by atoms with E-state index in [1.54, 1.807) is 6.33 Å². The van der Waals surface area contributed by atoms with Crippen molar-refractivity contribution in [1.29, 1.82) is 0 Å². The molecule has 0 amide bonds. The number of nitrogens with zero attached hydrogens (tertiary/aromatic N) is 3. The van der Waals surface area contributed by atoms with Gasteiger partial charge in [0.2, 0.25) is 0 Å². The van der Waals surface area contributed by atoms with E-state index in [0.717, 1.165) is 43.2 Å². The van der Waals surface area contributed by atoms with Gasteiger partial charge in [0, 0.05) is 6.42 Å². The summed E-state index contributed by atoms with van der Waals surface area (Å²) >= 11 is 0. The summed E-state index contributed by atoms with van der Waals surface area (Å²) in [5.41, 5.74) is 7.29. The van der Waals surface area contributed by atoms with Crippen molar-refractivity contribution >= 4 is 17.0 Å². The minimum atomic E-state index is 0.499. The summed E-state index contributed by atoms with van der Waals surface area (Å²) in [6.45, 7) is 2.32. The van der Waals surface area contributed by atoms with Gasteiger partial charge in [0.15, 0.2) is 11.5 Å². The molecule has 0 radical (unpaired) electrons. The van der Waals surface area contributed by atoms with Gasteiger partial charge in [-0.1, -0.05) is 0 Å². The van der Waals surface area contributed by atoms with Crippen LogP contribution in [-0.4, -0.2) is 33.0 Å². The maximum absolute atomic E-state index is 5.89. The predicted octanol–water partition coefficient (Wildman–Crippen LogP) is 1.26. The highest BCUT2D eigenvalue weighted by atomic mass is 15.0. The average molecular weight is 260 g/mol. The van der Waals surface area contributed by atoms with Crippen LogP contribution in [0.5, 0.6) is 0 Å². The molecule has 0 unspecified atom stereocenters. The van der Waals surface area contributed by atoms with Crippen LogP contribution in [0.2, 0.25) is 0 Å². The Bertz CT molecular complexity index is 543. The molecule has 4 N–H and O–H groups in total. The highest BCUT2D eigenvalue weighted by Gasteiger charge is 2.13. The average Bonchev–Trinajstić information content (AvgIpc) is 2.89. The third kappa shape index (κ3) is 2.84. The summed E-state index contributed by atoms with van der Waals surface area (Å²) in [5, 5.41) is 3.39. The van der Waals surface area contributed by atoms with E-state index in [1.165, 1.54) is 19.3 Å². The minimum absolute atomic E-state index is 0.499. The maximum Gasteiger partial charge on any atom is 0.183 e. The van der Waals surface area contributed by atoms with Crippen LogP contribution >= 0.6 is 0 Å². The molecular weight excluding hydrogens is 240 g/mol. The molecule has 6 heteroatoms. The number of rotatable bonds is 4. The van der Waals surface area contributed by atoms with Gasteiger partial charge < -0.3 is 16.0 Å². The Morgan fingerprint density at radius 2 is 2.11 bits per heavy atom.